The Labute approximate surface area is 75.0 Å². The van der Waals surface area contributed by atoms with Crippen molar-refractivity contribution < 1.29 is 4.79 Å². The van der Waals surface area contributed by atoms with E-state index in [1.54, 1.807) is 0 Å². The maximum atomic E-state index is 10.4. The average Bonchev–Trinajstić information content (AvgIpc) is 2.05. The highest BCUT2D eigenvalue weighted by Crippen LogP contribution is 2.23. The fraction of sp³-hybridized carbons (Fsp3) is 0.625. The lowest BCUT2D eigenvalue weighted by Crippen LogP contribution is -2.06. The van der Waals surface area contributed by atoms with Crippen molar-refractivity contribution in [3.63, 3.8) is 0 Å². The van der Waals surface area contributed by atoms with Gasteiger partial charge in [0.25, 0.3) is 0 Å². The Morgan fingerprint density at radius 2 is 2.40 bits per heavy atom. The van der Waals surface area contributed by atoms with E-state index >= 15 is 0 Å². The number of hydrogen-bond acceptors (Lipinski definition) is 1. The van der Waals surface area contributed by atoms with Gasteiger partial charge in [-0.1, -0.05) is 34.2 Å². The largest absolute Gasteiger partial charge is 0.302 e. The molecule has 1 aliphatic rings. The number of alkyl halides is 1. The molecule has 0 radical (unpaired) electrons. The molecule has 1 nitrogen and oxygen atoms in total. The fourth-order valence-electron chi connectivity index (χ4n) is 1.20. The number of carbonyl (C=O) groups excluding carboxylic acids is 1. The van der Waals surface area contributed by atoms with Crippen molar-refractivity contribution in [1.82, 2.24) is 0 Å². The molecule has 0 saturated carbocycles. The minimum atomic E-state index is 0.137. The van der Waals surface area contributed by atoms with Crippen LogP contribution in [-0.4, -0.2) is 10.2 Å². The summed E-state index contributed by atoms with van der Waals surface area (Å²) >= 11 is 2.19. The molecule has 0 spiro atoms. The van der Waals surface area contributed by atoms with Gasteiger partial charge in [-0.3, -0.25) is 0 Å². The van der Waals surface area contributed by atoms with Crippen LogP contribution in [0.3, 0.4) is 0 Å². The molecule has 56 valence electrons. The topological polar surface area (TPSA) is 17.1 Å². The smallest absolute Gasteiger partial charge is 0.136 e. The average molecular weight is 250 g/mol. The second-order valence-electron chi connectivity index (χ2n) is 2.56. The van der Waals surface area contributed by atoms with Gasteiger partial charge in [0.2, 0.25) is 0 Å². The molecule has 0 bridgehead atoms. The lowest BCUT2D eigenvalue weighted by atomic mass is 9.98. The highest BCUT2D eigenvalue weighted by atomic mass is 127. The summed E-state index contributed by atoms with van der Waals surface area (Å²) in [5, 5.41) is 0. The summed E-state index contributed by atoms with van der Waals surface area (Å²) in [6, 6.07) is 0. The standard InChI is InChI=1S/C8H11IO/c9-8(6-10)7-4-2-1-3-5-7/h4,6,8H,1-3,5H2. The second kappa shape index (κ2) is 4.11. The second-order valence-corrected chi connectivity index (χ2v) is 3.90. The van der Waals surface area contributed by atoms with Crippen molar-refractivity contribution >= 4 is 28.9 Å². The molecule has 0 saturated heterocycles. The summed E-state index contributed by atoms with van der Waals surface area (Å²) in [4.78, 5) is 10.4. The first-order valence-corrected chi connectivity index (χ1v) is 4.87. The zero-order chi connectivity index (χ0) is 7.40. The molecule has 0 fully saturated rings. The van der Waals surface area contributed by atoms with Crippen molar-refractivity contribution in [2.45, 2.75) is 29.6 Å². The minimum Gasteiger partial charge on any atom is -0.302 e. The number of hydrogen-bond donors (Lipinski definition) is 0. The molecule has 1 aliphatic carbocycles. The molecule has 0 aromatic heterocycles. The summed E-state index contributed by atoms with van der Waals surface area (Å²) in [7, 11) is 0. The molecule has 0 aromatic carbocycles. The van der Waals surface area contributed by atoms with Crippen LogP contribution in [0.4, 0.5) is 0 Å². The van der Waals surface area contributed by atoms with E-state index in [0.717, 1.165) is 12.7 Å². The van der Waals surface area contributed by atoms with Gasteiger partial charge >= 0.3 is 0 Å². The summed E-state index contributed by atoms with van der Waals surface area (Å²) in [6.45, 7) is 0. The SMILES string of the molecule is O=CC(I)C1=CCCCC1. The van der Waals surface area contributed by atoms with Gasteiger partial charge in [-0.05, 0) is 25.7 Å². The summed E-state index contributed by atoms with van der Waals surface area (Å²) in [5.74, 6) is 0. The molecule has 1 atom stereocenters. The molecule has 0 aromatic rings. The number of rotatable bonds is 2. The molecule has 2 heteroatoms. The van der Waals surface area contributed by atoms with E-state index in [1.807, 2.05) is 0 Å². The van der Waals surface area contributed by atoms with E-state index in [2.05, 4.69) is 28.7 Å². The predicted molar refractivity (Wildman–Crippen MR) is 50.4 cm³/mol. The van der Waals surface area contributed by atoms with Gasteiger partial charge in [0.05, 0.1) is 3.92 Å². The third-order valence-electron chi connectivity index (χ3n) is 1.80. The molecular weight excluding hydrogens is 239 g/mol. The summed E-state index contributed by atoms with van der Waals surface area (Å²) in [5.41, 5.74) is 1.34. The van der Waals surface area contributed by atoms with Crippen LogP contribution in [-0.2, 0) is 4.79 Å². The molecular formula is C8H11IO. The van der Waals surface area contributed by atoms with Crippen LogP contribution in [0.15, 0.2) is 11.6 Å². The molecule has 0 aliphatic heterocycles. The van der Waals surface area contributed by atoms with Crippen LogP contribution < -0.4 is 0 Å². The first-order chi connectivity index (χ1) is 4.84. The maximum Gasteiger partial charge on any atom is 0.136 e. The fourth-order valence-corrected chi connectivity index (χ4v) is 1.77. The van der Waals surface area contributed by atoms with Crippen molar-refractivity contribution in [3.05, 3.63) is 11.6 Å². The number of carbonyl (C=O) groups is 1. The number of halogens is 1. The monoisotopic (exact) mass is 250 g/mol. The van der Waals surface area contributed by atoms with Crippen molar-refractivity contribution in [1.29, 1.82) is 0 Å². The van der Waals surface area contributed by atoms with E-state index in [4.69, 9.17) is 0 Å². The van der Waals surface area contributed by atoms with Crippen LogP contribution in [0.2, 0.25) is 0 Å². The molecule has 10 heavy (non-hydrogen) atoms. The van der Waals surface area contributed by atoms with E-state index in [0.29, 0.717) is 0 Å². The Kier molecular flexibility index (Phi) is 3.39. The van der Waals surface area contributed by atoms with Gasteiger partial charge in [-0.15, -0.1) is 0 Å². The van der Waals surface area contributed by atoms with E-state index in [-0.39, 0.29) is 3.92 Å². The van der Waals surface area contributed by atoms with Gasteiger partial charge < -0.3 is 4.79 Å². The van der Waals surface area contributed by atoms with Crippen LogP contribution in [0, 0.1) is 0 Å². The Bertz CT molecular complexity index is 151. The first-order valence-electron chi connectivity index (χ1n) is 3.63. The van der Waals surface area contributed by atoms with Crippen molar-refractivity contribution in [2.75, 3.05) is 0 Å². The van der Waals surface area contributed by atoms with E-state index in [1.165, 1.54) is 24.8 Å². The Morgan fingerprint density at radius 3 is 2.90 bits per heavy atom. The van der Waals surface area contributed by atoms with E-state index < -0.39 is 0 Å². The lowest BCUT2D eigenvalue weighted by Gasteiger charge is -2.13. The molecule has 1 rings (SSSR count). The predicted octanol–water partition coefficient (Wildman–Crippen LogP) is 2.49. The highest BCUT2D eigenvalue weighted by molar-refractivity contribution is 14.1. The molecule has 0 N–H and O–H groups in total. The van der Waals surface area contributed by atoms with Gasteiger partial charge in [0, 0.05) is 0 Å². The van der Waals surface area contributed by atoms with Crippen LogP contribution in [0.25, 0.3) is 0 Å². The minimum absolute atomic E-state index is 0.137. The normalized spacial score (nSPS) is 21.5. The summed E-state index contributed by atoms with van der Waals surface area (Å²) in [6.07, 6.45) is 8.10. The van der Waals surface area contributed by atoms with Gasteiger partial charge in [0.15, 0.2) is 0 Å². The van der Waals surface area contributed by atoms with Gasteiger partial charge in [-0.25, -0.2) is 0 Å². The van der Waals surface area contributed by atoms with Crippen molar-refractivity contribution in [2.24, 2.45) is 0 Å². The van der Waals surface area contributed by atoms with Crippen LogP contribution in [0.1, 0.15) is 25.7 Å². The third kappa shape index (κ3) is 2.08. The zero-order valence-electron chi connectivity index (χ0n) is 5.85. The van der Waals surface area contributed by atoms with Crippen molar-refractivity contribution in [3.8, 4) is 0 Å². The van der Waals surface area contributed by atoms with Gasteiger partial charge in [-0.2, -0.15) is 0 Å². The number of allylic oxidation sites excluding steroid dienone is 2. The summed E-state index contributed by atoms with van der Waals surface area (Å²) < 4.78 is 0.137. The lowest BCUT2D eigenvalue weighted by molar-refractivity contribution is -0.106. The highest BCUT2D eigenvalue weighted by Gasteiger charge is 2.10. The van der Waals surface area contributed by atoms with Crippen LogP contribution >= 0.6 is 22.6 Å². The Morgan fingerprint density at radius 1 is 1.60 bits per heavy atom. The molecule has 1 unspecified atom stereocenters. The first kappa shape index (κ1) is 8.24. The Hall–Kier alpha value is 0.140. The van der Waals surface area contributed by atoms with Crippen LogP contribution in [0.5, 0.6) is 0 Å². The Balaban J connectivity index is 2.52. The third-order valence-corrected chi connectivity index (χ3v) is 2.89. The number of aldehydes is 1. The zero-order valence-corrected chi connectivity index (χ0v) is 8.00. The molecule has 0 amide bonds. The quantitative estimate of drug-likeness (QED) is 0.318. The van der Waals surface area contributed by atoms with Gasteiger partial charge in [0.1, 0.15) is 6.29 Å². The molecule has 0 heterocycles. The van der Waals surface area contributed by atoms with E-state index in [9.17, 15) is 4.79 Å². The maximum absolute atomic E-state index is 10.4.